The van der Waals surface area contributed by atoms with Crippen molar-refractivity contribution < 1.29 is 0 Å². The Morgan fingerprint density at radius 3 is 2.71 bits per heavy atom. The number of rotatable bonds is 2. The van der Waals surface area contributed by atoms with Gasteiger partial charge in [-0.3, -0.25) is 0 Å². The number of pyridine rings is 1. The topological polar surface area (TPSA) is 72.5 Å². The summed E-state index contributed by atoms with van der Waals surface area (Å²) in [6, 6.07) is 3.86. The molecule has 0 saturated heterocycles. The zero-order valence-corrected chi connectivity index (χ0v) is 8.26. The van der Waals surface area contributed by atoms with Gasteiger partial charge in [0, 0.05) is 12.7 Å². The van der Waals surface area contributed by atoms with Crippen LogP contribution in [-0.2, 0) is 0 Å². The molecule has 1 aromatic rings. The van der Waals surface area contributed by atoms with Crippen LogP contribution in [0.3, 0.4) is 0 Å². The lowest BCUT2D eigenvalue weighted by atomic mass is 10.1. The minimum atomic E-state index is 0.113. The molecule has 0 unspecified atom stereocenters. The minimum absolute atomic E-state index is 0.113. The second-order valence-corrected chi connectivity index (χ2v) is 2.82. The molecule has 0 aliphatic carbocycles. The van der Waals surface area contributed by atoms with Crippen LogP contribution < -0.4 is 5.32 Å². The number of halogens is 1. The Balaban J connectivity index is 3.39. The lowest BCUT2D eigenvalue weighted by molar-refractivity contribution is 1.18. The number of nitrogens with one attached hydrogen (secondary N) is 1. The first-order valence-corrected chi connectivity index (χ1v) is 4.35. The van der Waals surface area contributed by atoms with Crippen molar-refractivity contribution in [2.75, 3.05) is 11.9 Å². The van der Waals surface area contributed by atoms with Gasteiger partial charge in [0.15, 0.2) is 0 Å². The van der Waals surface area contributed by atoms with Crippen LogP contribution in [0.25, 0.3) is 0 Å². The number of anilines is 1. The summed E-state index contributed by atoms with van der Waals surface area (Å²) in [7, 11) is 0. The number of hydrogen-bond acceptors (Lipinski definition) is 4. The van der Waals surface area contributed by atoms with E-state index in [-0.39, 0.29) is 10.7 Å². The predicted molar refractivity (Wildman–Crippen MR) is 52.8 cm³/mol. The molecule has 0 bridgehead atoms. The molecule has 1 rings (SSSR count). The zero-order valence-electron chi connectivity index (χ0n) is 7.50. The summed E-state index contributed by atoms with van der Waals surface area (Å²) in [5.74, 6) is 0. The van der Waals surface area contributed by atoms with Gasteiger partial charge in [0.05, 0.1) is 11.3 Å². The van der Waals surface area contributed by atoms with E-state index in [1.165, 1.54) is 6.20 Å². The third-order valence-corrected chi connectivity index (χ3v) is 1.91. The summed E-state index contributed by atoms with van der Waals surface area (Å²) in [6.07, 6.45) is 1.35. The molecule has 5 heteroatoms. The average Bonchev–Trinajstić information content (AvgIpc) is 2.19. The molecule has 1 aromatic heterocycles. The quantitative estimate of drug-likeness (QED) is 0.751. The molecule has 0 aromatic carbocycles. The van der Waals surface area contributed by atoms with E-state index in [0.717, 1.165) is 0 Å². The van der Waals surface area contributed by atoms with Gasteiger partial charge in [0.1, 0.15) is 22.9 Å². The second kappa shape index (κ2) is 4.45. The molecule has 0 radical (unpaired) electrons. The number of nitrogens with zero attached hydrogens (tertiary/aromatic N) is 3. The highest BCUT2D eigenvalue weighted by Crippen LogP contribution is 2.24. The first kappa shape index (κ1) is 10.3. The molecule has 1 heterocycles. The molecule has 0 saturated carbocycles. The third kappa shape index (κ3) is 1.76. The summed E-state index contributed by atoms with van der Waals surface area (Å²) in [4.78, 5) is 3.74. The van der Waals surface area contributed by atoms with Gasteiger partial charge >= 0.3 is 0 Å². The Morgan fingerprint density at radius 1 is 1.50 bits per heavy atom. The summed E-state index contributed by atoms with van der Waals surface area (Å²) in [5, 5.41) is 20.6. The largest absolute Gasteiger partial charge is 0.383 e. The molecule has 1 N–H and O–H groups in total. The Bertz CT molecular complexity index is 428. The molecular formula is C9H7ClN4. The van der Waals surface area contributed by atoms with Crippen LogP contribution in [-0.4, -0.2) is 11.5 Å². The van der Waals surface area contributed by atoms with Crippen molar-refractivity contribution in [1.82, 2.24) is 4.98 Å². The van der Waals surface area contributed by atoms with Crippen LogP contribution in [0.5, 0.6) is 0 Å². The van der Waals surface area contributed by atoms with Crippen molar-refractivity contribution in [2.24, 2.45) is 0 Å². The highest BCUT2D eigenvalue weighted by atomic mass is 35.5. The maximum atomic E-state index is 8.82. The third-order valence-electron chi connectivity index (χ3n) is 1.62. The van der Waals surface area contributed by atoms with Crippen LogP contribution in [0.2, 0.25) is 5.15 Å². The van der Waals surface area contributed by atoms with Crippen molar-refractivity contribution in [3.05, 3.63) is 22.5 Å². The van der Waals surface area contributed by atoms with E-state index in [9.17, 15) is 0 Å². The highest BCUT2D eigenvalue weighted by Gasteiger charge is 2.12. The normalized spacial score (nSPS) is 8.86. The van der Waals surface area contributed by atoms with Gasteiger partial charge in [0.25, 0.3) is 0 Å². The van der Waals surface area contributed by atoms with Crippen molar-refractivity contribution in [3.8, 4) is 12.1 Å². The fourth-order valence-electron chi connectivity index (χ4n) is 1.04. The summed E-state index contributed by atoms with van der Waals surface area (Å²) in [5.41, 5.74) is 0.998. The Kier molecular flexibility index (Phi) is 3.28. The van der Waals surface area contributed by atoms with Gasteiger partial charge in [-0.25, -0.2) is 4.98 Å². The van der Waals surface area contributed by atoms with Gasteiger partial charge in [0.2, 0.25) is 0 Å². The van der Waals surface area contributed by atoms with Crippen molar-refractivity contribution in [3.63, 3.8) is 0 Å². The van der Waals surface area contributed by atoms with Gasteiger partial charge in [-0.05, 0) is 6.92 Å². The Morgan fingerprint density at radius 2 is 2.21 bits per heavy atom. The predicted octanol–water partition coefficient (Wildman–Crippen LogP) is 1.91. The summed E-state index contributed by atoms with van der Waals surface area (Å²) in [6.45, 7) is 2.49. The summed E-state index contributed by atoms with van der Waals surface area (Å²) >= 11 is 5.71. The van der Waals surface area contributed by atoms with Gasteiger partial charge in [-0.2, -0.15) is 10.5 Å². The number of hydrogen-bond donors (Lipinski definition) is 1. The van der Waals surface area contributed by atoms with Crippen LogP contribution in [0.1, 0.15) is 18.1 Å². The highest BCUT2D eigenvalue weighted by molar-refractivity contribution is 6.31. The van der Waals surface area contributed by atoms with E-state index in [0.29, 0.717) is 17.8 Å². The molecule has 14 heavy (non-hydrogen) atoms. The maximum absolute atomic E-state index is 8.82. The molecule has 4 nitrogen and oxygen atoms in total. The number of nitriles is 2. The molecule has 0 aliphatic heterocycles. The van der Waals surface area contributed by atoms with Crippen molar-refractivity contribution in [2.45, 2.75) is 6.92 Å². The molecule has 0 atom stereocenters. The van der Waals surface area contributed by atoms with Crippen LogP contribution >= 0.6 is 11.6 Å². The van der Waals surface area contributed by atoms with Crippen LogP contribution in [0.15, 0.2) is 6.20 Å². The fourth-order valence-corrected chi connectivity index (χ4v) is 1.22. The molecule has 0 fully saturated rings. The molecule has 0 amide bonds. The summed E-state index contributed by atoms with van der Waals surface area (Å²) < 4.78 is 0. The van der Waals surface area contributed by atoms with E-state index >= 15 is 0 Å². The smallest absolute Gasteiger partial charge is 0.148 e. The van der Waals surface area contributed by atoms with Gasteiger partial charge in [-0.15, -0.1) is 0 Å². The molecule has 0 aliphatic rings. The Labute approximate surface area is 86.7 Å². The molecule has 0 spiro atoms. The second-order valence-electron chi connectivity index (χ2n) is 2.47. The number of aromatic nitrogens is 1. The van der Waals surface area contributed by atoms with E-state index < -0.39 is 0 Å². The average molecular weight is 207 g/mol. The van der Waals surface area contributed by atoms with Crippen molar-refractivity contribution >= 4 is 17.3 Å². The fraction of sp³-hybridized carbons (Fsp3) is 0.222. The van der Waals surface area contributed by atoms with Gasteiger partial charge < -0.3 is 5.32 Å². The van der Waals surface area contributed by atoms with Crippen LogP contribution in [0.4, 0.5) is 5.69 Å². The zero-order chi connectivity index (χ0) is 10.6. The lowest BCUT2D eigenvalue weighted by Crippen LogP contribution is -2.03. The first-order chi connectivity index (χ1) is 6.74. The van der Waals surface area contributed by atoms with Crippen molar-refractivity contribution in [1.29, 1.82) is 10.5 Å². The Hall–Kier alpha value is -1.78. The lowest BCUT2D eigenvalue weighted by Gasteiger charge is -2.07. The van der Waals surface area contributed by atoms with E-state index in [1.54, 1.807) is 0 Å². The van der Waals surface area contributed by atoms with E-state index in [1.807, 2.05) is 19.1 Å². The minimum Gasteiger partial charge on any atom is -0.383 e. The SMILES string of the molecule is CCNc1c(C#N)cnc(Cl)c1C#N. The van der Waals surface area contributed by atoms with Gasteiger partial charge in [-0.1, -0.05) is 11.6 Å². The first-order valence-electron chi connectivity index (χ1n) is 3.97. The molecule has 70 valence electrons. The van der Waals surface area contributed by atoms with E-state index in [4.69, 9.17) is 22.1 Å². The van der Waals surface area contributed by atoms with E-state index in [2.05, 4.69) is 10.3 Å². The molecular weight excluding hydrogens is 200 g/mol. The standard InChI is InChI=1S/C9H7ClN4/c1-2-13-8-6(3-11)5-14-9(10)7(8)4-12/h5H,2H2,1H3,(H,13,14). The monoisotopic (exact) mass is 206 g/mol. The maximum Gasteiger partial charge on any atom is 0.148 e. The van der Waals surface area contributed by atoms with Crippen LogP contribution in [0, 0.1) is 22.7 Å².